The molecule has 2 aliphatic rings. The van der Waals surface area contributed by atoms with Crippen molar-refractivity contribution >= 4 is 23.4 Å². The van der Waals surface area contributed by atoms with Gasteiger partial charge in [-0.2, -0.15) is 9.97 Å². The summed E-state index contributed by atoms with van der Waals surface area (Å²) in [4.78, 5) is 29.9. The van der Waals surface area contributed by atoms with Crippen molar-refractivity contribution in [3.05, 3.63) is 52.3 Å². The summed E-state index contributed by atoms with van der Waals surface area (Å²) in [6.45, 7) is 11.9. The summed E-state index contributed by atoms with van der Waals surface area (Å²) in [5.74, 6) is 0.563. The average Bonchev–Trinajstić information content (AvgIpc) is 2.89. The number of nitrogen functional groups attached to an aromatic ring is 1. The summed E-state index contributed by atoms with van der Waals surface area (Å²) < 4.78 is 5.28. The zero-order chi connectivity index (χ0) is 27.9. The molecule has 0 radical (unpaired) electrons. The van der Waals surface area contributed by atoms with Crippen LogP contribution < -0.4 is 20.3 Å². The number of hydrogen-bond acceptors (Lipinski definition) is 8. The maximum absolute atomic E-state index is 11.9. The van der Waals surface area contributed by atoms with Gasteiger partial charge in [0.1, 0.15) is 5.82 Å². The Kier molecular flexibility index (Phi) is 7.09. The van der Waals surface area contributed by atoms with Gasteiger partial charge in [0.2, 0.25) is 11.8 Å². The third kappa shape index (κ3) is 5.48. The number of aliphatic carboxylic acids is 1. The van der Waals surface area contributed by atoms with Crippen molar-refractivity contribution in [3.8, 4) is 17.0 Å². The number of nitrogens with zero attached hydrogens (tertiary/aromatic N) is 5. The van der Waals surface area contributed by atoms with E-state index in [0.717, 1.165) is 78.5 Å². The Balaban J connectivity index is 1.53. The average molecular weight is 531 g/mol. The number of carboxylic acid groups (broad SMARTS) is 1. The highest BCUT2D eigenvalue weighted by Gasteiger charge is 2.30. The van der Waals surface area contributed by atoms with Crippen molar-refractivity contribution in [1.82, 2.24) is 15.0 Å². The second-order valence-corrected chi connectivity index (χ2v) is 11.5. The molecule has 2 aromatic heterocycles. The van der Waals surface area contributed by atoms with Gasteiger partial charge in [0.25, 0.3) is 0 Å². The number of pyridine rings is 1. The summed E-state index contributed by atoms with van der Waals surface area (Å²) in [5, 5.41) is 9.78. The number of fused-ring (bicyclic) bond motifs is 1. The van der Waals surface area contributed by atoms with Crippen LogP contribution in [0.4, 0.5) is 17.5 Å². The van der Waals surface area contributed by atoms with E-state index in [9.17, 15) is 9.90 Å². The standard InChI is InChI=1S/C30H38N6O3/c1-18-23(15-26(37)38)28(35-12-9-30(3,4)10-13-35)27(19(2)32-18)21-6-7-22-17-36(11-8-20(22)14-21)24-16-25(39-5)34-29(31)33-24/h6-7,14,16H,8-13,15,17H2,1-5H3,(H,37,38)(H2,31,33,34). The predicted molar refractivity (Wildman–Crippen MR) is 153 cm³/mol. The van der Waals surface area contributed by atoms with E-state index in [1.165, 1.54) is 11.1 Å². The monoisotopic (exact) mass is 530 g/mol. The Morgan fingerprint density at radius 1 is 1.03 bits per heavy atom. The molecule has 9 nitrogen and oxygen atoms in total. The molecule has 3 aromatic rings. The fraction of sp³-hybridized carbons (Fsp3) is 0.467. The van der Waals surface area contributed by atoms with Crippen molar-refractivity contribution < 1.29 is 14.6 Å². The van der Waals surface area contributed by atoms with E-state index >= 15 is 0 Å². The molecule has 0 amide bonds. The Morgan fingerprint density at radius 2 is 1.77 bits per heavy atom. The lowest BCUT2D eigenvalue weighted by Crippen LogP contribution is -2.38. The van der Waals surface area contributed by atoms with Gasteiger partial charge in [0.05, 0.1) is 19.2 Å². The van der Waals surface area contributed by atoms with Gasteiger partial charge in [-0.15, -0.1) is 0 Å². The third-order valence-corrected chi connectivity index (χ3v) is 8.16. The Labute approximate surface area is 230 Å². The normalized spacial score (nSPS) is 16.6. The molecule has 5 rings (SSSR count). The summed E-state index contributed by atoms with van der Waals surface area (Å²) in [6.07, 6.45) is 2.95. The molecule has 9 heteroatoms. The Morgan fingerprint density at radius 3 is 2.46 bits per heavy atom. The molecule has 0 spiro atoms. The second kappa shape index (κ2) is 10.4. The van der Waals surface area contributed by atoms with Crippen molar-refractivity contribution in [3.63, 3.8) is 0 Å². The number of piperidine rings is 1. The first-order valence-electron chi connectivity index (χ1n) is 13.6. The van der Waals surface area contributed by atoms with Gasteiger partial charge in [0, 0.05) is 54.8 Å². The van der Waals surface area contributed by atoms with Crippen LogP contribution in [0.5, 0.6) is 5.88 Å². The summed E-state index contributed by atoms with van der Waals surface area (Å²) >= 11 is 0. The SMILES string of the molecule is COc1cc(N2CCc3cc(-c4c(C)nc(C)c(CC(=O)O)c4N4CCC(C)(C)CC4)ccc3C2)nc(N)n1. The van der Waals surface area contributed by atoms with Gasteiger partial charge in [-0.25, -0.2) is 0 Å². The number of hydrogen-bond donors (Lipinski definition) is 2. The highest BCUT2D eigenvalue weighted by Crippen LogP contribution is 2.42. The van der Waals surface area contributed by atoms with Crippen LogP contribution in [0.1, 0.15) is 54.8 Å². The minimum absolute atomic E-state index is 0.0350. The van der Waals surface area contributed by atoms with Crippen molar-refractivity contribution in [1.29, 1.82) is 0 Å². The number of carbonyl (C=O) groups is 1. The zero-order valence-electron chi connectivity index (χ0n) is 23.5. The number of benzene rings is 1. The number of aryl methyl sites for hydroxylation is 2. The molecule has 1 fully saturated rings. The van der Waals surface area contributed by atoms with E-state index in [0.29, 0.717) is 12.4 Å². The number of aromatic nitrogens is 3. The summed E-state index contributed by atoms with van der Waals surface area (Å²) in [5.41, 5.74) is 14.4. The molecular formula is C30H38N6O3. The van der Waals surface area contributed by atoms with E-state index in [4.69, 9.17) is 15.5 Å². The number of methoxy groups -OCH3 is 1. The molecule has 2 aliphatic heterocycles. The van der Waals surface area contributed by atoms with Crippen LogP contribution in [0.25, 0.3) is 11.1 Å². The van der Waals surface area contributed by atoms with Crippen molar-refractivity contribution in [2.45, 2.75) is 59.9 Å². The van der Waals surface area contributed by atoms with Gasteiger partial charge < -0.3 is 25.4 Å². The fourth-order valence-corrected chi connectivity index (χ4v) is 5.86. The van der Waals surface area contributed by atoms with E-state index in [-0.39, 0.29) is 17.8 Å². The van der Waals surface area contributed by atoms with Gasteiger partial charge in [-0.05, 0) is 55.2 Å². The smallest absolute Gasteiger partial charge is 0.307 e. The molecule has 0 aliphatic carbocycles. The second-order valence-electron chi connectivity index (χ2n) is 11.5. The molecule has 4 heterocycles. The molecule has 0 unspecified atom stereocenters. The highest BCUT2D eigenvalue weighted by atomic mass is 16.5. The van der Waals surface area contributed by atoms with Crippen LogP contribution in [-0.2, 0) is 24.2 Å². The number of nitrogens with two attached hydrogens (primary N) is 1. The van der Waals surface area contributed by atoms with E-state index in [2.05, 4.69) is 51.8 Å². The Hall–Kier alpha value is -3.88. The first-order valence-corrected chi connectivity index (χ1v) is 13.6. The molecule has 1 saturated heterocycles. The predicted octanol–water partition coefficient (Wildman–Crippen LogP) is 4.56. The van der Waals surface area contributed by atoms with E-state index in [1.54, 1.807) is 7.11 Å². The largest absolute Gasteiger partial charge is 0.481 e. The lowest BCUT2D eigenvalue weighted by Gasteiger charge is -2.40. The lowest BCUT2D eigenvalue weighted by atomic mass is 9.82. The minimum Gasteiger partial charge on any atom is -0.481 e. The van der Waals surface area contributed by atoms with Gasteiger partial charge in [-0.3, -0.25) is 9.78 Å². The van der Waals surface area contributed by atoms with Crippen molar-refractivity contribution in [2.75, 3.05) is 42.3 Å². The van der Waals surface area contributed by atoms with Gasteiger partial charge in [0.15, 0.2) is 0 Å². The number of carboxylic acids is 1. The van der Waals surface area contributed by atoms with Gasteiger partial charge >= 0.3 is 5.97 Å². The third-order valence-electron chi connectivity index (χ3n) is 8.16. The zero-order valence-corrected chi connectivity index (χ0v) is 23.5. The fourth-order valence-electron chi connectivity index (χ4n) is 5.86. The molecule has 0 bridgehead atoms. The number of ether oxygens (including phenoxy) is 1. The molecule has 0 saturated carbocycles. The van der Waals surface area contributed by atoms with E-state index < -0.39 is 5.97 Å². The molecule has 3 N–H and O–H groups in total. The molecule has 206 valence electrons. The molecule has 39 heavy (non-hydrogen) atoms. The van der Waals surface area contributed by atoms with Crippen LogP contribution in [0.2, 0.25) is 0 Å². The number of rotatable bonds is 6. The van der Waals surface area contributed by atoms with Crippen molar-refractivity contribution in [2.24, 2.45) is 5.41 Å². The quantitative estimate of drug-likeness (QED) is 0.473. The maximum atomic E-state index is 11.9. The van der Waals surface area contributed by atoms with Crippen LogP contribution in [0, 0.1) is 19.3 Å². The van der Waals surface area contributed by atoms with Crippen LogP contribution in [0.15, 0.2) is 24.3 Å². The summed E-state index contributed by atoms with van der Waals surface area (Å²) in [6, 6.07) is 8.41. The minimum atomic E-state index is -0.833. The molecule has 1 aromatic carbocycles. The first kappa shape index (κ1) is 26.7. The van der Waals surface area contributed by atoms with Crippen LogP contribution >= 0.6 is 0 Å². The van der Waals surface area contributed by atoms with E-state index in [1.807, 2.05) is 19.9 Å². The lowest BCUT2D eigenvalue weighted by molar-refractivity contribution is -0.136. The van der Waals surface area contributed by atoms with Gasteiger partial charge in [-0.1, -0.05) is 32.0 Å². The van der Waals surface area contributed by atoms with Crippen LogP contribution in [-0.4, -0.2) is 52.8 Å². The number of anilines is 3. The highest BCUT2D eigenvalue weighted by molar-refractivity contribution is 5.86. The first-order chi connectivity index (χ1) is 18.5. The Bertz CT molecular complexity index is 1410. The summed E-state index contributed by atoms with van der Waals surface area (Å²) in [7, 11) is 1.57. The maximum Gasteiger partial charge on any atom is 0.307 e. The topological polar surface area (TPSA) is 118 Å². The van der Waals surface area contributed by atoms with Crippen LogP contribution in [0.3, 0.4) is 0 Å². The molecule has 0 atom stereocenters. The molecular weight excluding hydrogens is 492 g/mol.